The van der Waals surface area contributed by atoms with E-state index < -0.39 is 0 Å². The Kier molecular flexibility index (Phi) is 16.5. The molecule has 0 N–H and O–H groups in total. The van der Waals surface area contributed by atoms with Crippen molar-refractivity contribution in [2.24, 2.45) is 35.0 Å². The molecule has 5 aromatic carbocycles. The van der Waals surface area contributed by atoms with Gasteiger partial charge in [-0.25, -0.2) is 0 Å². The fourth-order valence-corrected chi connectivity index (χ4v) is 16.7. The van der Waals surface area contributed by atoms with Crippen molar-refractivity contribution in [1.29, 1.82) is 0 Å². The zero-order valence-electron chi connectivity index (χ0n) is 53.9. The number of hydrogen-bond acceptors (Lipinski definition) is 3. The van der Waals surface area contributed by atoms with E-state index in [2.05, 4.69) is 282 Å². The van der Waals surface area contributed by atoms with Crippen LogP contribution in [-0.2, 0) is 5.41 Å². The summed E-state index contributed by atoms with van der Waals surface area (Å²) >= 11 is 0. The third kappa shape index (κ3) is 11.3. The maximum Gasteiger partial charge on any atom is 0.122 e. The van der Waals surface area contributed by atoms with Crippen LogP contribution in [-0.4, -0.2) is 12.6 Å². The minimum atomic E-state index is -0.205. The van der Waals surface area contributed by atoms with E-state index in [-0.39, 0.29) is 16.9 Å². The summed E-state index contributed by atoms with van der Waals surface area (Å²) in [6.07, 6.45) is 58.1. The first kappa shape index (κ1) is 59.2. The van der Waals surface area contributed by atoms with Crippen LogP contribution in [0.2, 0.25) is 0 Å². The third-order valence-corrected chi connectivity index (χ3v) is 21.8. The van der Waals surface area contributed by atoms with E-state index in [0.717, 1.165) is 82.8 Å². The molecule has 8 aliphatic carbocycles. The third-order valence-electron chi connectivity index (χ3n) is 21.8. The van der Waals surface area contributed by atoms with Crippen molar-refractivity contribution < 1.29 is 4.74 Å². The summed E-state index contributed by atoms with van der Waals surface area (Å²) in [6.45, 7) is 20.3. The molecule has 0 amide bonds. The minimum absolute atomic E-state index is 0.125. The zero-order valence-corrected chi connectivity index (χ0v) is 53.9. The minimum Gasteiger partial charge on any atom is -0.493 e. The summed E-state index contributed by atoms with van der Waals surface area (Å²) in [4.78, 5) is 5.28. The van der Waals surface area contributed by atoms with Gasteiger partial charge in [0.2, 0.25) is 0 Å². The van der Waals surface area contributed by atoms with Crippen molar-refractivity contribution in [2.45, 2.75) is 129 Å². The first-order valence-electron chi connectivity index (χ1n) is 33.9. The lowest BCUT2D eigenvalue weighted by atomic mass is 9.64. The molecule has 14 rings (SSSR count). The number of hydrogen-bond donors (Lipinski definition) is 0. The van der Waals surface area contributed by atoms with Gasteiger partial charge in [0.05, 0.1) is 12.6 Å². The van der Waals surface area contributed by atoms with Crippen molar-refractivity contribution in [3.63, 3.8) is 0 Å². The summed E-state index contributed by atoms with van der Waals surface area (Å²) in [7, 11) is 0. The van der Waals surface area contributed by atoms with Crippen molar-refractivity contribution in [3.8, 4) is 16.9 Å². The van der Waals surface area contributed by atoms with Gasteiger partial charge in [0, 0.05) is 51.6 Å². The second-order valence-corrected chi connectivity index (χ2v) is 28.1. The molecule has 3 heteroatoms. The number of unbranched alkanes of at least 4 members (excludes halogenated alkanes) is 1. The SMILES string of the molecule is C=CC1=CC=C(c2cc(C)c(OCCCCC3(c4ccccc4)C4=CC(N(C5=CC=C(C6=CCC(C(C)(C)C)C=C6)CC5)c5ccc(-c6ccc7c(c6)C6CC(C8=CCC(C=C)C=C8)CC=C6N7c6ccccc6)cc5)CC=C4C4C=CC=CC43)cc2C)CC1. The lowest BCUT2D eigenvalue weighted by molar-refractivity contribution is 0.284. The van der Waals surface area contributed by atoms with Crippen LogP contribution in [0, 0.1) is 48.9 Å². The number of aryl methyl sites for hydroxylation is 2. The largest absolute Gasteiger partial charge is 0.493 e. The van der Waals surface area contributed by atoms with Crippen molar-refractivity contribution >= 4 is 22.6 Å². The zero-order chi connectivity index (χ0) is 61.5. The van der Waals surface area contributed by atoms with Gasteiger partial charge in [0.25, 0.3) is 0 Å². The number of fused-ring (bicyclic) bond motifs is 6. The molecule has 1 aliphatic heterocycles. The molecule has 90 heavy (non-hydrogen) atoms. The summed E-state index contributed by atoms with van der Waals surface area (Å²) in [5.74, 6) is 3.45. The molecule has 5 aromatic rings. The highest BCUT2D eigenvalue weighted by atomic mass is 16.5. The van der Waals surface area contributed by atoms with Crippen molar-refractivity contribution in [3.05, 3.63) is 317 Å². The molecule has 0 bridgehead atoms. The second-order valence-electron chi connectivity index (χ2n) is 28.1. The lowest BCUT2D eigenvalue weighted by Crippen LogP contribution is -2.38. The molecular formula is C87H90N2O. The highest BCUT2D eigenvalue weighted by Gasteiger charge is 2.54. The Morgan fingerprint density at radius 2 is 1.48 bits per heavy atom. The highest BCUT2D eigenvalue weighted by molar-refractivity contribution is 5.82. The smallest absolute Gasteiger partial charge is 0.122 e. The standard InChI is InChI=1S/C87H90N2O/c1-8-61-26-30-65(31-27-61)68-40-50-83-79(56-68)80-57-69(41-51-84(80)89(83)72-22-14-11-15-23-72)66-38-46-74(47-39-66)88(73-44-36-64(37-45-73)63-34-42-70(43-35-63)86(5,6)7)75-48-49-77-76-24-16-17-25-81(76)87(82(77)58-75,71-20-12-10-13-21-71)52-18-19-53-90-85-55-59(3)78(54-60(85)4)67-32-28-62(9-2)29-33-67/h8-17,20-26,28,30-32,34-36,38-39,41-42,44,46-47,49-51,54-55,57-58,61,68,70,75-76,79,81H,1-2,18-19,27,29,33,37,40,43,45,48,52-53,56H2,3-7H3. The van der Waals surface area contributed by atoms with E-state index in [0.29, 0.717) is 42.1 Å². The maximum absolute atomic E-state index is 6.74. The van der Waals surface area contributed by atoms with Gasteiger partial charge in [0.1, 0.15) is 5.75 Å². The molecule has 1 heterocycles. The Morgan fingerprint density at radius 1 is 0.689 bits per heavy atom. The van der Waals surface area contributed by atoms with E-state index in [9.17, 15) is 0 Å². The van der Waals surface area contributed by atoms with Crippen LogP contribution in [0.3, 0.4) is 0 Å². The average Bonchev–Trinajstić information content (AvgIpc) is 1.56. The first-order chi connectivity index (χ1) is 43.9. The van der Waals surface area contributed by atoms with Crippen molar-refractivity contribution in [1.82, 2.24) is 0 Å². The second kappa shape index (κ2) is 25.1. The van der Waals surface area contributed by atoms with Crippen LogP contribution in [0.1, 0.15) is 132 Å². The number of ether oxygens (including phenoxy) is 1. The van der Waals surface area contributed by atoms with Gasteiger partial charge in [-0.1, -0.05) is 203 Å². The van der Waals surface area contributed by atoms with Gasteiger partial charge in [0.15, 0.2) is 0 Å². The number of anilines is 3. The van der Waals surface area contributed by atoms with Crippen LogP contribution < -0.4 is 14.5 Å². The molecule has 8 unspecified atom stereocenters. The normalized spacial score (nSPS) is 25.6. The molecule has 1 saturated carbocycles. The highest BCUT2D eigenvalue weighted by Crippen LogP contribution is 2.61. The van der Waals surface area contributed by atoms with E-state index in [1.807, 2.05) is 6.08 Å². The molecular weight excluding hydrogens is 1090 g/mol. The monoisotopic (exact) mass is 1180 g/mol. The molecule has 454 valence electrons. The molecule has 1 fully saturated rings. The van der Waals surface area contributed by atoms with Crippen molar-refractivity contribution in [2.75, 3.05) is 16.4 Å². The van der Waals surface area contributed by atoms with E-state index in [1.165, 1.54) is 106 Å². The van der Waals surface area contributed by atoms with Gasteiger partial charge in [-0.3, -0.25) is 0 Å². The number of para-hydroxylation sites is 1. The van der Waals surface area contributed by atoms with Gasteiger partial charge < -0.3 is 14.5 Å². The first-order valence-corrected chi connectivity index (χ1v) is 33.9. The van der Waals surface area contributed by atoms with Crippen LogP contribution in [0.15, 0.2) is 289 Å². The molecule has 0 saturated heterocycles. The summed E-state index contributed by atoms with van der Waals surface area (Å²) < 4.78 is 6.74. The van der Waals surface area contributed by atoms with E-state index in [4.69, 9.17) is 4.74 Å². The topological polar surface area (TPSA) is 15.7 Å². The van der Waals surface area contributed by atoms with E-state index in [1.54, 1.807) is 0 Å². The van der Waals surface area contributed by atoms with Crippen LogP contribution in [0.5, 0.6) is 5.75 Å². The van der Waals surface area contributed by atoms with Crippen LogP contribution >= 0.6 is 0 Å². The number of benzene rings is 5. The molecule has 0 radical (unpaired) electrons. The number of nitrogens with zero attached hydrogens (tertiary/aromatic N) is 2. The Hall–Kier alpha value is -8.40. The van der Waals surface area contributed by atoms with E-state index >= 15 is 0 Å². The molecule has 9 aliphatic rings. The fraction of sp³-hybridized carbons (Fsp3) is 0.310. The van der Waals surface area contributed by atoms with Gasteiger partial charge in [-0.05, 0) is 247 Å². The van der Waals surface area contributed by atoms with Gasteiger partial charge in [-0.2, -0.15) is 0 Å². The predicted molar refractivity (Wildman–Crippen MR) is 381 cm³/mol. The summed E-state index contributed by atoms with van der Waals surface area (Å²) in [6, 6.07) is 44.3. The average molecular weight is 1180 g/mol. The Morgan fingerprint density at radius 3 is 2.20 bits per heavy atom. The number of allylic oxidation sites excluding steroid dienone is 26. The molecule has 0 aromatic heterocycles. The Bertz CT molecular complexity index is 4030. The molecule has 8 atom stereocenters. The Labute approximate surface area is 538 Å². The fourth-order valence-electron chi connectivity index (χ4n) is 16.7. The quantitative estimate of drug-likeness (QED) is 0.0682. The summed E-state index contributed by atoms with van der Waals surface area (Å²) in [5.41, 5.74) is 25.9. The van der Waals surface area contributed by atoms with Crippen LogP contribution in [0.4, 0.5) is 17.1 Å². The summed E-state index contributed by atoms with van der Waals surface area (Å²) in [5, 5.41) is 0. The lowest BCUT2D eigenvalue weighted by Gasteiger charge is -2.41. The number of rotatable bonds is 17. The van der Waals surface area contributed by atoms with Gasteiger partial charge >= 0.3 is 0 Å². The predicted octanol–water partition coefficient (Wildman–Crippen LogP) is 22.6. The Balaban J connectivity index is 0.789. The molecule has 3 nitrogen and oxygen atoms in total. The van der Waals surface area contributed by atoms with Gasteiger partial charge in [-0.15, -0.1) is 6.58 Å². The maximum atomic E-state index is 6.74. The van der Waals surface area contributed by atoms with Crippen LogP contribution in [0.25, 0.3) is 16.7 Å². The molecule has 0 spiro atoms.